The monoisotopic (exact) mass is 417 g/mol. The SMILES string of the molecule is CCCS(=O)(=O)Nc1cccc(C(=O)NCc2ccc(NC(=O)C(C)C)cc2)c1. The molecule has 0 radical (unpaired) electrons. The van der Waals surface area contributed by atoms with Crippen molar-refractivity contribution in [3.63, 3.8) is 0 Å². The van der Waals surface area contributed by atoms with Crippen LogP contribution in [-0.4, -0.2) is 26.0 Å². The summed E-state index contributed by atoms with van der Waals surface area (Å²) < 4.78 is 26.2. The van der Waals surface area contributed by atoms with E-state index in [1.807, 2.05) is 26.0 Å². The molecule has 2 aromatic carbocycles. The Balaban J connectivity index is 1.95. The molecule has 0 bridgehead atoms. The summed E-state index contributed by atoms with van der Waals surface area (Å²) in [6.45, 7) is 5.74. The quantitative estimate of drug-likeness (QED) is 0.582. The van der Waals surface area contributed by atoms with Gasteiger partial charge in [-0.15, -0.1) is 0 Å². The zero-order valence-corrected chi connectivity index (χ0v) is 17.7. The van der Waals surface area contributed by atoms with Gasteiger partial charge in [0.25, 0.3) is 5.91 Å². The Kier molecular flexibility index (Phi) is 7.78. The number of sulfonamides is 1. The Morgan fingerprint density at radius 1 is 1.00 bits per heavy atom. The van der Waals surface area contributed by atoms with Crippen LogP contribution in [0.5, 0.6) is 0 Å². The van der Waals surface area contributed by atoms with Gasteiger partial charge in [-0.2, -0.15) is 0 Å². The van der Waals surface area contributed by atoms with Crippen LogP contribution in [0.3, 0.4) is 0 Å². The van der Waals surface area contributed by atoms with Gasteiger partial charge in [-0.25, -0.2) is 8.42 Å². The number of hydrogen-bond donors (Lipinski definition) is 3. The fourth-order valence-electron chi connectivity index (χ4n) is 2.50. The number of carbonyl (C=O) groups is 2. The molecule has 156 valence electrons. The summed E-state index contributed by atoms with van der Waals surface area (Å²) in [7, 11) is -3.41. The number of nitrogens with one attached hydrogen (secondary N) is 3. The molecule has 0 aliphatic carbocycles. The van der Waals surface area contributed by atoms with Gasteiger partial charge < -0.3 is 10.6 Å². The highest BCUT2D eigenvalue weighted by atomic mass is 32.2. The van der Waals surface area contributed by atoms with Gasteiger partial charge in [-0.1, -0.05) is 39.0 Å². The predicted molar refractivity (Wildman–Crippen MR) is 115 cm³/mol. The van der Waals surface area contributed by atoms with E-state index < -0.39 is 10.0 Å². The van der Waals surface area contributed by atoms with Gasteiger partial charge in [0.05, 0.1) is 5.75 Å². The van der Waals surface area contributed by atoms with Crippen molar-refractivity contribution in [1.29, 1.82) is 0 Å². The maximum absolute atomic E-state index is 12.4. The normalized spacial score (nSPS) is 11.2. The van der Waals surface area contributed by atoms with Crippen LogP contribution in [0.2, 0.25) is 0 Å². The number of hydrogen-bond acceptors (Lipinski definition) is 4. The number of benzene rings is 2. The molecule has 0 spiro atoms. The van der Waals surface area contributed by atoms with E-state index >= 15 is 0 Å². The minimum atomic E-state index is -3.41. The summed E-state index contributed by atoms with van der Waals surface area (Å²) in [4.78, 5) is 24.1. The molecule has 3 N–H and O–H groups in total. The molecule has 2 aromatic rings. The molecule has 0 saturated heterocycles. The smallest absolute Gasteiger partial charge is 0.251 e. The zero-order chi connectivity index (χ0) is 21.4. The molecule has 0 aromatic heterocycles. The van der Waals surface area contributed by atoms with E-state index in [1.165, 1.54) is 6.07 Å². The highest BCUT2D eigenvalue weighted by Crippen LogP contribution is 2.14. The summed E-state index contributed by atoms with van der Waals surface area (Å²) in [5, 5.41) is 5.62. The summed E-state index contributed by atoms with van der Waals surface area (Å²) in [6.07, 6.45) is 0.509. The van der Waals surface area contributed by atoms with Crippen LogP contribution in [0, 0.1) is 5.92 Å². The average molecular weight is 418 g/mol. The first kappa shape index (κ1) is 22.4. The Morgan fingerprint density at radius 2 is 1.69 bits per heavy atom. The molecule has 0 heterocycles. The van der Waals surface area contributed by atoms with Crippen LogP contribution in [0.25, 0.3) is 0 Å². The molecule has 7 nitrogen and oxygen atoms in total. The van der Waals surface area contributed by atoms with Gasteiger partial charge in [0.2, 0.25) is 15.9 Å². The summed E-state index contributed by atoms with van der Waals surface area (Å²) in [5.74, 6) is -0.438. The fourth-order valence-corrected chi connectivity index (χ4v) is 3.63. The van der Waals surface area contributed by atoms with Crippen molar-refractivity contribution in [2.24, 2.45) is 5.92 Å². The summed E-state index contributed by atoms with van der Waals surface area (Å²) >= 11 is 0. The number of anilines is 2. The maximum atomic E-state index is 12.4. The molecule has 29 heavy (non-hydrogen) atoms. The first-order chi connectivity index (χ1) is 13.7. The Bertz CT molecular complexity index is 954. The lowest BCUT2D eigenvalue weighted by molar-refractivity contribution is -0.118. The highest BCUT2D eigenvalue weighted by Gasteiger charge is 2.11. The van der Waals surface area contributed by atoms with Gasteiger partial charge in [-0.3, -0.25) is 14.3 Å². The van der Waals surface area contributed by atoms with E-state index in [0.717, 1.165) is 5.56 Å². The van der Waals surface area contributed by atoms with Crippen molar-refractivity contribution in [3.05, 3.63) is 59.7 Å². The van der Waals surface area contributed by atoms with Crippen molar-refractivity contribution in [2.45, 2.75) is 33.7 Å². The summed E-state index contributed by atoms with van der Waals surface area (Å²) in [5.41, 5.74) is 2.30. The van der Waals surface area contributed by atoms with Crippen LogP contribution >= 0.6 is 0 Å². The molecule has 0 atom stereocenters. The van der Waals surface area contributed by atoms with E-state index in [9.17, 15) is 18.0 Å². The topological polar surface area (TPSA) is 104 Å². The van der Waals surface area contributed by atoms with Crippen LogP contribution < -0.4 is 15.4 Å². The first-order valence-electron chi connectivity index (χ1n) is 9.48. The van der Waals surface area contributed by atoms with Crippen molar-refractivity contribution in [3.8, 4) is 0 Å². The predicted octanol–water partition coefficient (Wildman–Crippen LogP) is 3.36. The van der Waals surface area contributed by atoms with Crippen LogP contribution in [0.15, 0.2) is 48.5 Å². The minimum absolute atomic E-state index is 0.0248. The third kappa shape index (κ3) is 7.23. The van der Waals surface area contributed by atoms with Crippen LogP contribution in [0.4, 0.5) is 11.4 Å². The van der Waals surface area contributed by atoms with Gasteiger partial charge in [0, 0.05) is 29.4 Å². The largest absolute Gasteiger partial charge is 0.348 e. The number of carbonyl (C=O) groups excluding carboxylic acids is 2. The lowest BCUT2D eigenvalue weighted by Gasteiger charge is -2.10. The lowest BCUT2D eigenvalue weighted by atomic mass is 10.1. The van der Waals surface area contributed by atoms with Gasteiger partial charge in [0.1, 0.15) is 0 Å². The van der Waals surface area contributed by atoms with Gasteiger partial charge in [-0.05, 0) is 42.3 Å². The van der Waals surface area contributed by atoms with E-state index in [4.69, 9.17) is 0 Å². The Morgan fingerprint density at radius 3 is 2.31 bits per heavy atom. The van der Waals surface area contributed by atoms with E-state index in [2.05, 4.69) is 15.4 Å². The second-order valence-corrected chi connectivity index (χ2v) is 8.87. The fraction of sp³-hybridized carbons (Fsp3) is 0.333. The van der Waals surface area contributed by atoms with E-state index in [1.54, 1.807) is 37.3 Å². The maximum Gasteiger partial charge on any atom is 0.251 e. The molecule has 0 saturated carbocycles. The van der Waals surface area contributed by atoms with Crippen molar-refractivity contribution in [1.82, 2.24) is 5.32 Å². The van der Waals surface area contributed by atoms with Crippen LogP contribution in [0.1, 0.15) is 43.1 Å². The highest BCUT2D eigenvalue weighted by molar-refractivity contribution is 7.92. The minimum Gasteiger partial charge on any atom is -0.348 e. The van der Waals surface area contributed by atoms with Crippen LogP contribution in [-0.2, 0) is 21.4 Å². The van der Waals surface area contributed by atoms with E-state index in [0.29, 0.717) is 29.9 Å². The molecular formula is C21H27N3O4S. The van der Waals surface area contributed by atoms with Crippen molar-refractivity contribution in [2.75, 3.05) is 15.8 Å². The second kappa shape index (κ2) is 10.1. The molecule has 0 unspecified atom stereocenters. The molecular weight excluding hydrogens is 390 g/mol. The van der Waals surface area contributed by atoms with E-state index in [-0.39, 0.29) is 23.5 Å². The second-order valence-electron chi connectivity index (χ2n) is 7.03. The molecule has 2 rings (SSSR count). The number of amides is 2. The molecule has 0 fully saturated rings. The molecule has 8 heteroatoms. The van der Waals surface area contributed by atoms with Gasteiger partial charge >= 0.3 is 0 Å². The Labute approximate surface area is 172 Å². The standard InChI is InChI=1S/C21H27N3O4S/c1-4-12-29(27,28)24-19-7-5-6-17(13-19)21(26)22-14-16-8-10-18(11-9-16)23-20(25)15(2)3/h5-11,13,15,24H,4,12,14H2,1-3H3,(H,22,26)(H,23,25). The van der Waals surface area contributed by atoms with Crippen molar-refractivity contribution < 1.29 is 18.0 Å². The van der Waals surface area contributed by atoms with Crippen molar-refractivity contribution >= 4 is 33.2 Å². The third-order valence-corrected chi connectivity index (χ3v) is 5.56. The number of rotatable bonds is 9. The molecule has 0 aliphatic rings. The lowest BCUT2D eigenvalue weighted by Crippen LogP contribution is -2.23. The summed E-state index contributed by atoms with van der Waals surface area (Å²) in [6, 6.07) is 13.6. The molecule has 2 amide bonds. The third-order valence-electron chi connectivity index (χ3n) is 4.07. The molecule has 0 aliphatic heterocycles. The van der Waals surface area contributed by atoms with Gasteiger partial charge in [0.15, 0.2) is 0 Å². The average Bonchev–Trinajstić information content (AvgIpc) is 2.66. The first-order valence-corrected chi connectivity index (χ1v) is 11.1. The zero-order valence-electron chi connectivity index (χ0n) is 16.9. The Hall–Kier alpha value is -2.87.